The van der Waals surface area contributed by atoms with Crippen LogP contribution in [0.2, 0.25) is 0 Å². The van der Waals surface area contributed by atoms with Gasteiger partial charge in [0.1, 0.15) is 6.61 Å². The van der Waals surface area contributed by atoms with Gasteiger partial charge in [0.2, 0.25) is 5.91 Å². The lowest BCUT2D eigenvalue weighted by Crippen LogP contribution is -2.45. The van der Waals surface area contributed by atoms with Gasteiger partial charge in [-0.25, -0.2) is 4.79 Å². The fourth-order valence-corrected chi connectivity index (χ4v) is 4.98. The van der Waals surface area contributed by atoms with Gasteiger partial charge in [-0.3, -0.25) is 24.6 Å². The minimum absolute atomic E-state index is 0.00126. The monoisotopic (exact) mass is 450 g/mol. The van der Waals surface area contributed by atoms with Gasteiger partial charge in [0.05, 0.1) is 17.0 Å². The van der Waals surface area contributed by atoms with Gasteiger partial charge in [0.15, 0.2) is 5.12 Å². The van der Waals surface area contributed by atoms with Crippen molar-refractivity contribution in [3.05, 3.63) is 39.9 Å². The second kappa shape index (κ2) is 10.1. The van der Waals surface area contributed by atoms with E-state index in [1.807, 2.05) is 11.9 Å². The second-order valence-corrected chi connectivity index (χ2v) is 9.31. The number of rotatable bonds is 6. The molecule has 1 N–H and O–H groups in total. The zero-order valence-corrected chi connectivity index (χ0v) is 18.3. The minimum Gasteiger partial charge on any atom is -0.445 e. The number of likely N-dealkylation sites (tertiary alicyclic amines) is 2. The third-order valence-corrected chi connectivity index (χ3v) is 6.47. The van der Waals surface area contributed by atoms with Crippen LogP contribution in [0.1, 0.15) is 25.3 Å². The molecule has 1 aromatic carbocycles. The van der Waals surface area contributed by atoms with Gasteiger partial charge < -0.3 is 15.0 Å². The average Bonchev–Trinajstić information content (AvgIpc) is 3.32. The summed E-state index contributed by atoms with van der Waals surface area (Å²) in [6, 6.07) is 5.36. The Morgan fingerprint density at radius 2 is 1.97 bits per heavy atom. The van der Waals surface area contributed by atoms with Crippen LogP contribution < -0.4 is 5.32 Å². The molecule has 1 aromatic rings. The molecule has 0 aromatic heterocycles. The van der Waals surface area contributed by atoms with E-state index in [1.54, 1.807) is 4.90 Å². The summed E-state index contributed by atoms with van der Waals surface area (Å²) in [5.74, 6) is 0.0256. The molecule has 0 spiro atoms. The topological polar surface area (TPSA) is 122 Å². The van der Waals surface area contributed by atoms with E-state index in [0.29, 0.717) is 38.0 Å². The van der Waals surface area contributed by atoms with Gasteiger partial charge in [0.25, 0.3) is 5.69 Å². The van der Waals surface area contributed by atoms with Crippen LogP contribution in [0.15, 0.2) is 24.3 Å². The normalized spacial score (nSPS) is 23.5. The number of carbonyl (C=O) groups is 3. The lowest BCUT2D eigenvalue weighted by molar-refractivity contribution is -0.384. The van der Waals surface area contributed by atoms with Gasteiger partial charge in [-0.1, -0.05) is 11.8 Å². The maximum Gasteiger partial charge on any atom is 0.407 e. The molecule has 31 heavy (non-hydrogen) atoms. The molecular weight excluding hydrogens is 424 g/mol. The van der Waals surface area contributed by atoms with Crippen molar-refractivity contribution in [2.75, 3.05) is 26.7 Å². The highest BCUT2D eigenvalue weighted by atomic mass is 32.2. The summed E-state index contributed by atoms with van der Waals surface area (Å²) in [4.78, 5) is 50.3. The van der Waals surface area contributed by atoms with Crippen LogP contribution in [0.3, 0.4) is 0 Å². The first-order chi connectivity index (χ1) is 14.7. The predicted molar refractivity (Wildman–Crippen MR) is 114 cm³/mol. The summed E-state index contributed by atoms with van der Waals surface area (Å²) < 4.78 is 5.19. The third kappa shape index (κ3) is 6.17. The second-order valence-electron chi connectivity index (χ2n) is 7.84. The first kappa shape index (κ1) is 23.0. The lowest BCUT2D eigenvalue weighted by atomic mass is 10.2. The van der Waals surface area contributed by atoms with Crippen molar-refractivity contribution in [2.45, 2.75) is 43.7 Å². The number of nitrogens with zero attached hydrogens (tertiary/aromatic N) is 3. The zero-order chi connectivity index (χ0) is 22.5. The Morgan fingerprint density at radius 1 is 1.26 bits per heavy atom. The number of amides is 2. The summed E-state index contributed by atoms with van der Waals surface area (Å²) in [7, 11) is 1.89. The SMILES string of the molecule is CC(=O)S[C@H]1C[C@@H](C(=O)N2CC[C@H](NC(=O)OCc3ccc([N+](=O)[O-])cc3)C2)N(C)C1. The van der Waals surface area contributed by atoms with E-state index < -0.39 is 11.0 Å². The molecule has 2 aliphatic rings. The van der Waals surface area contributed by atoms with Crippen LogP contribution in [0, 0.1) is 10.1 Å². The lowest BCUT2D eigenvalue weighted by Gasteiger charge is -2.25. The number of benzene rings is 1. The molecule has 2 amide bonds. The Bertz CT molecular complexity index is 849. The van der Waals surface area contributed by atoms with Crippen LogP contribution in [0.5, 0.6) is 0 Å². The summed E-state index contributed by atoms with van der Waals surface area (Å²) in [5, 5.41) is 13.6. The Balaban J connectivity index is 1.43. The van der Waals surface area contributed by atoms with E-state index in [4.69, 9.17) is 4.74 Å². The molecule has 168 valence electrons. The number of alkyl carbamates (subject to hydrolysis) is 1. The van der Waals surface area contributed by atoms with E-state index in [2.05, 4.69) is 5.32 Å². The number of hydrogen-bond donors (Lipinski definition) is 1. The number of ether oxygens (including phenoxy) is 1. The van der Waals surface area contributed by atoms with Crippen LogP contribution >= 0.6 is 11.8 Å². The Kier molecular flexibility index (Phi) is 7.50. The summed E-state index contributed by atoms with van der Waals surface area (Å²) in [6.07, 6.45) is 0.694. The van der Waals surface area contributed by atoms with Gasteiger partial charge in [0, 0.05) is 43.9 Å². The van der Waals surface area contributed by atoms with Crippen molar-refractivity contribution in [1.82, 2.24) is 15.1 Å². The van der Waals surface area contributed by atoms with E-state index >= 15 is 0 Å². The van der Waals surface area contributed by atoms with Crippen molar-refractivity contribution in [1.29, 1.82) is 0 Å². The van der Waals surface area contributed by atoms with Crippen molar-refractivity contribution in [3.8, 4) is 0 Å². The predicted octanol–water partition coefficient (Wildman–Crippen LogP) is 1.77. The smallest absolute Gasteiger partial charge is 0.407 e. The highest BCUT2D eigenvalue weighted by molar-refractivity contribution is 8.14. The number of carbonyl (C=O) groups excluding carboxylic acids is 3. The molecule has 0 radical (unpaired) electrons. The molecule has 2 heterocycles. The number of nitrogens with one attached hydrogen (secondary N) is 1. The molecule has 2 aliphatic heterocycles. The number of hydrogen-bond acceptors (Lipinski definition) is 8. The van der Waals surface area contributed by atoms with Crippen molar-refractivity contribution < 1.29 is 24.0 Å². The van der Waals surface area contributed by atoms with Gasteiger partial charge >= 0.3 is 6.09 Å². The van der Waals surface area contributed by atoms with Crippen molar-refractivity contribution in [2.24, 2.45) is 0 Å². The molecule has 0 aliphatic carbocycles. The van der Waals surface area contributed by atoms with Gasteiger partial charge in [-0.05, 0) is 37.6 Å². The Hall–Kier alpha value is -2.66. The first-order valence-corrected chi connectivity index (χ1v) is 10.9. The maximum absolute atomic E-state index is 12.9. The summed E-state index contributed by atoms with van der Waals surface area (Å²) in [6.45, 7) is 3.21. The number of nitro groups is 1. The maximum atomic E-state index is 12.9. The molecule has 3 rings (SSSR count). The molecular formula is C20H26N4O6S. The van der Waals surface area contributed by atoms with E-state index in [0.717, 1.165) is 0 Å². The number of likely N-dealkylation sites (N-methyl/N-ethyl adjacent to an activating group) is 1. The molecule has 2 fully saturated rings. The molecule has 10 nitrogen and oxygen atoms in total. The molecule has 0 bridgehead atoms. The average molecular weight is 451 g/mol. The molecule has 11 heteroatoms. The summed E-state index contributed by atoms with van der Waals surface area (Å²) >= 11 is 1.29. The third-order valence-electron chi connectivity index (χ3n) is 5.47. The summed E-state index contributed by atoms with van der Waals surface area (Å²) in [5.41, 5.74) is 0.620. The minimum atomic E-state index is -0.589. The van der Waals surface area contributed by atoms with E-state index in [9.17, 15) is 24.5 Å². The molecule has 2 saturated heterocycles. The highest BCUT2D eigenvalue weighted by Crippen LogP contribution is 2.28. The van der Waals surface area contributed by atoms with E-state index in [-0.39, 0.29) is 40.7 Å². The number of thioether (sulfide) groups is 1. The van der Waals surface area contributed by atoms with Gasteiger partial charge in [-0.15, -0.1) is 0 Å². The van der Waals surface area contributed by atoms with Gasteiger partial charge in [-0.2, -0.15) is 0 Å². The molecule has 3 atom stereocenters. The molecule has 0 saturated carbocycles. The zero-order valence-electron chi connectivity index (χ0n) is 17.5. The van der Waals surface area contributed by atoms with Crippen LogP contribution in [0.25, 0.3) is 0 Å². The van der Waals surface area contributed by atoms with Crippen LogP contribution in [-0.4, -0.2) is 75.9 Å². The van der Waals surface area contributed by atoms with Crippen LogP contribution in [-0.2, 0) is 20.9 Å². The Labute approximate surface area is 184 Å². The quantitative estimate of drug-likeness (QED) is 0.514. The van der Waals surface area contributed by atoms with E-state index in [1.165, 1.54) is 43.0 Å². The highest BCUT2D eigenvalue weighted by Gasteiger charge is 2.39. The first-order valence-electron chi connectivity index (χ1n) is 10.1. The largest absolute Gasteiger partial charge is 0.445 e. The standard InChI is InChI=1S/C20H26N4O6S/c1-13(25)31-17-9-18(22(2)11-17)19(26)23-8-7-15(10-23)21-20(27)30-12-14-3-5-16(6-4-14)24(28)29/h3-6,15,17-18H,7-12H2,1-2H3,(H,21,27)/t15-,17-,18-/m0/s1. The fourth-order valence-electron chi connectivity index (χ4n) is 3.92. The van der Waals surface area contributed by atoms with Crippen LogP contribution in [0.4, 0.5) is 10.5 Å². The fraction of sp³-hybridized carbons (Fsp3) is 0.550. The van der Waals surface area contributed by atoms with Crippen molar-refractivity contribution in [3.63, 3.8) is 0 Å². The van der Waals surface area contributed by atoms with Crippen molar-refractivity contribution >= 4 is 34.6 Å². The Morgan fingerprint density at radius 3 is 2.61 bits per heavy atom. The number of nitro benzene ring substituents is 1. The number of non-ortho nitro benzene ring substituents is 1. The molecule has 0 unspecified atom stereocenters.